The number of H-pyrrole nitrogens is 1. The summed E-state index contributed by atoms with van der Waals surface area (Å²) in [4.78, 5) is 27.9. The first-order chi connectivity index (χ1) is 17.0. The van der Waals surface area contributed by atoms with Crippen molar-refractivity contribution in [2.45, 2.75) is 109 Å². The van der Waals surface area contributed by atoms with Crippen LogP contribution >= 0.6 is 0 Å². The predicted molar refractivity (Wildman–Crippen MR) is 143 cm³/mol. The summed E-state index contributed by atoms with van der Waals surface area (Å²) >= 11 is 0. The molecule has 1 amide bonds. The molecule has 0 saturated heterocycles. The van der Waals surface area contributed by atoms with E-state index < -0.39 is 5.97 Å². The number of hydrogen-bond donors (Lipinski definition) is 3. The van der Waals surface area contributed by atoms with E-state index in [2.05, 4.69) is 56.2 Å². The van der Waals surface area contributed by atoms with Crippen LogP contribution in [0, 0.1) is 11.8 Å². The predicted octanol–water partition coefficient (Wildman–Crippen LogP) is 6.75. The largest absolute Gasteiger partial charge is 0.481 e. The molecule has 5 nitrogen and oxygen atoms in total. The van der Waals surface area contributed by atoms with Crippen molar-refractivity contribution in [1.82, 2.24) is 10.3 Å². The summed E-state index contributed by atoms with van der Waals surface area (Å²) in [5, 5.41) is 12.2. The monoisotopic (exact) mass is 490 g/mol. The maximum absolute atomic E-state index is 13.2. The average molecular weight is 491 g/mol. The van der Waals surface area contributed by atoms with Crippen LogP contribution in [-0.4, -0.2) is 28.0 Å². The molecule has 3 fully saturated rings. The molecular weight excluding hydrogens is 448 g/mol. The van der Waals surface area contributed by atoms with E-state index >= 15 is 0 Å². The summed E-state index contributed by atoms with van der Waals surface area (Å²) < 4.78 is 0. The standard InChI is InChI=1S/C31H42N2O3/c1-30(2,3)22-13-20(14-23(17-22)31(4)10-11-31)25-18-27(28(34)32-24-15-21(16-24)29(35)36)33-26(25)12-19-8-6-5-7-9-19/h13-14,17-19,21,24,33H,5-12,15-16H2,1-4H3,(H,32,34)(H,35,36). The van der Waals surface area contributed by atoms with Crippen LogP contribution in [-0.2, 0) is 22.0 Å². The molecule has 1 aromatic carbocycles. The molecular formula is C31H42N2O3. The second kappa shape index (κ2) is 9.39. The van der Waals surface area contributed by atoms with Crippen LogP contribution in [0.4, 0.5) is 0 Å². The fourth-order valence-electron chi connectivity index (χ4n) is 5.96. The molecule has 3 saturated carbocycles. The van der Waals surface area contributed by atoms with Crippen molar-refractivity contribution in [3.05, 3.63) is 46.8 Å². The van der Waals surface area contributed by atoms with Gasteiger partial charge in [-0.15, -0.1) is 0 Å². The number of carboxylic acids is 1. The van der Waals surface area contributed by atoms with Gasteiger partial charge in [-0.1, -0.05) is 78.0 Å². The van der Waals surface area contributed by atoms with Crippen molar-refractivity contribution in [1.29, 1.82) is 0 Å². The summed E-state index contributed by atoms with van der Waals surface area (Å²) in [6.45, 7) is 9.17. The zero-order valence-electron chi connectivity index (χ0n) is 22.4. The molecule has 0 unspecified atom stereocenters. The van der Waals surface area contributed by atoms with Gasteiger partial charge < -0.3 is 15.4 Å². The van der Waals surface area contributed by atoms with Gasteiger partial charge >= 0.3 is 5.97 Å². The van der Waals surface area contributed by atoms with E-state index in [1.54, 1.807) is 0 Å². The van der Waals surface area contributed by atoms with Crippen molar-refractivity contribution in [3.63, 3.8) is 0 Å². The minimum absolute atomic E-state index is 0.0426. The third-order valence-corrected chi connectivity index (χ3v) is 8.99. The molecule has 3 aliphatic carbocycles. The van der Waals surface area contributed by atoms with Gasteiger partial charge in [0.1, 0.15) is 5.69 Å². The van der Waals surface area contributed by atoms with Gasteiger partial charge in [-0.2, -0.15) is 0 Å². The molecule has 0 radical (unpaired) electrons. The molecule has 3 aliphatic rings. The van der Waals surface area contributed by atoms with Crippen molar-refractivity contribution < 1.29 is 14.7 Å². The van der Waals surface area contributed by atoms with E-state index in [0.29, 0.717) is 24.5 Å². The third-order valence-electron chi connectivity index (χ3n) is 8.99. The quantitative estimate of drug-likeness (QED) is 0.402. The molecule has 5 rings (SSSR count). The van der Waals surface area contributed by atoms with Gasteiger partial charge in [-0.25, -0.2) is 0 Å². The first-order valence-electron chi connectivity index (χ1n) is 13.9. The van der Waals surface area contributed by atoms with Crippen LogP contribution in [0.5, 0.6) is 0 Å². The first kappa shape index (κ1) is 25.1. The fourth-order valence-corrected chi connectivity index (χ4v) is 5.96. The molecule has 5 heteroatoms. The molecule has 1 heterocycles. The Hall–Kier alpha value is -2.56. The minimum Gasteiger partial charge on any atom is -0.481 e. The van der Waals surface area contributed by atoms with Crippen molar-refractivity contribution in [2.24, 2.45) is 11.8 Å². The minimum atomic E-state index is -0.767. The van der Waals surface area contributed by atoms with Crippen LogP contribution in [0.2, 0.25) is 0 Å². The van der Waals surface area contributed by atoms with Gasteiger partial charge in [0.15, 0.2) is 0 Å². The maximum atomic E-state index is 13.2. The lowest BCUT2D eigenvalue weighted by Gasteiger charge is -2.32. The number of benzene rings is 1. The number of aromatic nitrogens is 1. The number of rotatable bonds is 7. The van der Waals surface area contributed by atoms with E-state index in [-0.39, 0.29) is 28.7 Å². The highest BCUT2D eigenvalue weighted by molar-refractivity contribution is 5.95. The molecule has 3 N–H and O–H groups in total. The van der Waals surface area contributed by atoms with Crippen LogP contribution < -0.4 is 5.32 Å². The topological polar surface area (TPSA) is 82.2 Å². The Morgan fingerprint density at radius 3 is 2.36 bits per heavy atom. The number of amides is 1. The summed E-state index contributed by atoms with van der Waals surface area (Å²) in [5.74, 6) is -0.572. The van der Waals surface area contributed by atoms with Gasteiger partial charge in [-0.3, -0.25) is 9.59 Å². The van der Waals surface area contributed by atoms with Gasteiger partial charge in [0.05, 0.1) is 5.92 Å². The van der Waals surface area contributed by atoms with Crippen molar-refractivity contribution in [2.75, 3.05) is 0 Å². The SMILES string of the molecule is CC(C)(C)c1cc(-c2cc(C(=O)NC3CC(C(=O)O)C3)[nH]c2CC2CCCCC2)cc(C2(C)CC2)c1. The highest BCUT2D eigenvalue weighted by Crippen LogP contribution is 2.49. The number of aromatic amines is 1. The van der Waals surface area contributed by atoms with Crippen LogP contribution in [0.3, 0.4) is 0 Å². The second-order valence-corrected chi connectivity index (χ2v) is 13.1. The van der Waals surface area contributed by atoms with Crippen LogP contribution in [0.15, 0.2) is 24.3 Å². The summed E-state index contributed by atoms with van der Waals surface area (Å²) in [6, 6.07) is 9.07. The lowest BCUT2D eigenvalue weighted by Crippen LogP contribution is -2.46. The van der Waals surface area contributed by atoms with Crippen molar-refractivity contribution in [3.8, 4) is 11.1 Å². The molecule has 0 aliphatic heterocycles. The van der Waals surface area contributed by atoms with E-state index in [1.165, 1.54) is 67.3 Å². The fraction of sp³-hybridized carbons (Fsp3) is 0.613. The highest BCUT2D eigenvalue weighted by atomic mass is 16.4. The van der Waals surface area contributed by atoms with Gasteiger partial charge in [0.25, 0.3) is 5.91 Å². The Bertz CT molecular complexity index is 1120. The van der Waals surface area contributed by atoms with Gasteiger partial charge in [-0.05, 0) is 71.6 Å². The Labute approximate surface area is 215 Å². The molecule has 0 spiro atoms. The Morgan fingerprint density at radius 2 is 1.75 bits per heavy atom. The van der Waals surface area contributed by atoms with Gasteiger partial charge in [0, 0.05) is 17.3 Å². The Morgan fingerprint density at radius 1 is 1.06 bits per heavy atom. The van der Waals surface area contributed by atoms with Crippen LogP contribution in [0.1, 0.15) is 113 Å². The number of hydrogen-bond acceptors (Lipinski definition) is 2. The van der Waals surface area contributed by atoms with Crippen LogP contribution in [0.25, 0.3) is 11.1 Å². The second-order valence-electron chi connectivity index (χ2n) is 13.1. The molecule has 0 atom stereocenters. The van der Waals surface area contributed by atoms with E-state index in [1.807, 2.05) is 6.07 Å². The lowest BCUT2D eigenvalue weighted by atomic mass is 9.80. The molecule has 36 heavy (non-hydrogen) atoms. The Balaban J connectivity index is 1.48. The normalized spacial score (nSPS) is 23.7. The zero-order valence-corrected chi connectivity index (χ0v) is 22.4. The first-order valence-corrected chi connectivity index (χ1v) is 13.9. The summed E-state index contributed by atoms with van der Waals surface area (Å²) in [7, 11) is 0. The van der Waals surface area contributed by atoms with E-state index in [9.17, 15) is 9.59 Å². The molecule has 1 aromatic heterocycles. The summed E-state index contributed by atoms with van der Waals surface area (Å²) in [6.07, 6.45) is 10.9. The lowest BCUT2D eigenvalue weighted by molar-refractivity contribution is -0.145. The Kier molecular flexibility index (Phi) is 6.55. The maximum Gasteiger partial charge on any atom is 0.306 e. The highest BCUT2D eigenvalue weighted by Gasteiger charge is 2.40. The van der Waals surface area contributed by atoms with E-state index in [4.69, 9.17) is 5.11 Å². The number of aliphatic carboxylic acids is 1. The van der Waals surface area contributed by atoms with Crippen molar-refractivity contribution >= 4 is 11.9 Å². The average Bonchev–Trinajstić information content (AvgIpc) is 3.42. The molecule has 2 aromatic rings. The number of carbonyl (C=O) groups is 2. The van der Waals surface area contributed by atoms with E-state index in [0.717, 1.165) is 12.0 Å². The molecule has 0 bridgehead atoms. The summed E-state index contributed by atoms with van der Waals surface area (Å²) in [5.41, 5.74) is 7.18. The van der Waals surface area contributed by atoms with Gasteiger partial charge in [0.2, 0.25) is 0 Å². The number of carbonyl (C=O) groups excluding carboxylic acids is 1. The molecule has 194 valence electrons. The zero-order chi connectivity index (χ0) is 25.7. The smallest absolute Gasteiger partial charge is 0.306 e. The third kappa shape index (κ3) is 5.26. The number of nitrogens with one attached hydrogen (secondary N) is 2. The number of carboxylic acid groups (broad SMARTS) is 1.